The number of anilines is 2. The fourth-order valence-corrected chi connectivity index (χ4v) is 3.67. The van der Waals surface area contributed by atoms with Crippen LogP contribution in [0.5, 0.6) is 0 Å². The maximum Gasteiger partial charge on any atom is 0.230 e. The number of piperidine rings is 1. The van der Waals surface area contributed by atoms with Crippen molar-refractivity contribution in [2.75, 3.05) is 23.3 Å². The summed E-state index contributed by atoms with van der Waals surface area (Å²) in [6.45, 7) is 3.49. The number of hydrogen-bond acceptors (Lipinski definition) is 5. The van der Waals surface area contributed by atoms with E-state index in [0.717, 1.165) is 46.4 Å². The molecule has 0 aliphatic carbocycles. The Bertz CT molecular complexity index is 976. The van der Waals surface area contributed by atoms with Crippen LogP contribution >= 0.6 is 15.9 Å². The van der Waals surface area contributed by atoms with Crippen molar-refractivity contribution in [2.24, 2.45) is 5.92 Å². The number of halogens is 1. The van der Waals surface area contributed by atoms with Gasteiger partial charge in [0.2, 0.25) is 5.91 Å². The van der Waals surface area contributed by atoms with Gasteiger partial charge in [-0.05, 0) is 60.0 Å². The quantitative estimate of drug-likeness (QED) is 0.687. The van der Waals surface area contributed by atoms with Crippen molar-refractivity contribution in [3.8, 4) is 0 Å². The molecule has 1 fully saturated rings. The molecule has 1 atom stereocenters. The van der Waals surface area contributed by atoms with E-state index in [9.17, 15) is 4.79 Å². The molecule has 3 heterocycles. The molecule has 0 radical (unpaired) electrons. The summed E-state index contributed by atoms with van der Waals surface area (Å²) in [6, 6.07) is 11.5. The molecule has 27 heavy (non-hydrogen) atoms. The molecule has 7 heteroatoms. The van der Waals surface area contributed by atoms with Crippen molar-refractivity contribution in [1.29, 1.82) is 0 Å². The topological polar surface area (TPSA) is 71.0 Å². The Balaban J connectivity index is 1.51. The van der Waals surface area contributed by atoms with Gasteiger partial charge in [0.15, 0.2) is 5.82 Å². The van der Waals surface area contributed by atoms with Gasteiger partial charge in [-0.25, -0.2) is 15.0 Å². The Morgan fingerprint density at radius 2 is 1.96 bits per heavy atom. The van der Waals surface area contributed by atoms with Gasteiger partial charge in [-0.15, -0.1) is 0 Å². The number of para-hydroxylation sites is 2. The summed E-state index contributed by atoms with van der Waals surface area (Å²) in [5.74, 6) is 1.34. The zero-order chi connectivity index (χ0) is 18.8. The van der Waals surface area contributed by atoms with Crippen LogP contribution in [0.4, 0.5) is 11.6 Å². The number of aryl methyl sites for hydroxylation is 1. The molecule has 0 bridgehead atoms. The number of carbonyl (C=O) groups is 1. The average Bonchev–Trinajstić information content (AvgIpc) is 2.69. The summed E-state index contributed by atoms with van der Waals surface area (Å²) in [5, 5.41) is 2.92. The van der Waals surface area contributed by atoms with Gasteiger partial charge in [-0.1, -0.05) is 12.1 Å². The highest BCUT2D eigenvalue weighted by atomic mass is 79.9. The van der Waals surface area contributed by atoms with Crippen LogP contribution in [0.1, 0.15) is 18.5 Å². The van der Waals surface area contributed by atoms with Crippen LogP contribution in [0.3, 0.4) is 0 Å². The molecule has 1 saturated heterocycles. The zero-order valence-corrected chi connectivity index (χ0v) is 16.6. The second-order valence-electron chi connectivity index (χ2n) is 6.76. The molecular weight excluding hydrogens is 406 g/mol. The molecule has 0 saturated carbocycles. The lowest BCUT2D eigenvalue weighted by Gasteiger charge is -2.33. The van der Waals surface area contributed by atoms with Crippen LogP contribution in [0.2, 0.25) is 0 Å². The van der Waals surface area contributed by atoms with E-state index in [1.165, 1.54) is 0 Å². The Hall–Kier alpha value is -2.54. The first-order valence-electron chi connectivity index (χ1n) is 9.01. The second-order valence-corrected chi connectivity index (χ2v) is 7.67. The normalized spacial score (nSPS) is 17.1. The molecule has 6 nitrogen and oxygen atoms in total. The van der Waals surface area contributed by atoms with Crippen molar-refractivity contribution in [3.05, 3.63) is 52.8 Å². The predicted octanol–water partition coefficient (Wildman–Crippen LogP) is 3.95. The van der Waals surface area contributed by atoms with Crippen molar-refractivity contribution < 1.29 is 4.79 Å². The van der Waals surface area contributed by atoms with E-state index in [1.54, 1.807) is 12.3 Å². The van der Waals surface area contributed by atoms with E-state index in [1.807, 2.05) is 37.3 Å². The number of carbonyl (C=O) groups excluding carboxylic acids is 1. The highest BCUT2D eigenvalue weighted by molar-refractivity contribution is 9.10. The Morgan fingerprint density at radius 1 is 1.19 bits per heavy atom. The van der Waals surface area contributed by atoms with Crippen LogP contribution in [0.25, 0.3) is 11.0 Å². The Labute approximate surface area is 166 Å². The largest absolute Gasteiger partial charge is 0.354 e. The molecule has 138 valence electrons. The fourth-order valence-electron chi connectivity index (χ4n) is 3.44. The molecule has 1 N–H and O–H groups in total. The van der Waals surface area contributed by atoms with Crippen LogP contribution in [0.15, 0.2) is 47.1 Å². The molecule has 2 aromatic heterocycles. The maximum atomic E-state index is 12.7. The van der Waals surface area contributed by atoms with Gasteiger partial charge in [0.05, 0.1) is 22.6 Å². The van der Waals surface area contributed by atoms with E-state index in [2.05, 4.69) is 36.1 Å². The average molecular weight is 426 g/mol. The van der Waals surface area contributed by atoms with Gasteiger partial charge in [0.1, 0.15) is 5.82 Å². The zero-order valence-electron chi connectivity index (χ0n) is 15.0. The number of fused-ring (bicyclic) bond motifs is 1. The van der Waals surface area contributed by atoms with Crippen LogP contribution in [0, 0.1) is 12.8 Å². The third kappa shape index (κ3) is 3.93. The molecule has 3 aromatic rings. The third-order valence-electron chi connectivity index (χ3n) is 4.79. The molecular formula is C20H20BrN5O. The summed E-state index contributed by atoms with van der Waals surface area (Å²) in [5.41, 5.74) is 2.67. The van der Waals surface area contributed by atoms with E-state index >= 15 is 0 Å². The molecule has 1 unspecified atom stereocenters. The van der Waals surface area contributed by atoms with Gasteiger partial charge in [0, 0.05) is 23.8 Å². The molecule has 1 amide bonds. The molecule has 0 spiro atoms. The number of hydrogen-bond donors (Lipinski definition) is 1. The first-order chi connectivity index (χ1) is 13.1. The van der Waals surface area contributed by atoms with Gasteiger partial charge in [0.25, 0.3) is 0 Å². The fraction of sp³-hybridized carbons (Fsp3) is 0.300. The number of benzene rings is 1. The highest BCUT2D eigenvalue weighted by Gasteiger charge is 2.28. The van der Waals surface area contributed by atoms with E-state index in [4.69, 9.17) is 4.98 Å². The molecule has 1 aliphatic heterocycles. The summed E-state index contributed by atoms with van der Waals surface area (Å²) in [4.78, 5) is 28.6. The highest BCUT2D eigenvalue weighted by Crippen LogP contribution is 2.26. The van der Waals surface area contributed by atoms with E-state index in [0.29, 0.717) is 12.4 Å². The molecule has 4 rings (SSSR count). The van der Waals surface area contributed by atoms with Crippen molar-refractivity contribution in [3.63, 3.8) is 0 Å². The Morgan fingerprint density at radius 3 is 2.70 bits per heavy atom. The Kier molecular flexibility index (Phi) is 5.03. The minimum Gasteiger partial charge on any atom is -0.354 e. The van der Waals surface area contributed by atoms with E-state index in [-0.39, 0.29) is 11.8 Å². The molecule has 1 aliphatic rings. The van der Waals surface area contributed by atoms with Crippen LogP contribution < -0.4 is 10.2 Å². The van der Waals surface area contributed by atoms with Crippen molar-refractivity contribution in [1.82, 2.24) is 15.0 Å². The minimum atomic E-state index is -0.100. The van der Waals surface area contributed by atoms with Crippen molar-refractivity contribution in [2.45, 2.75) is 19.8 Å². The number of aromatic nitrogens is 3. The van der Waals surface area contributed by atoms with Crippen LogP contribution in [-0.4, -0.2) is 33.9 Å². The number of nitrogens with one attached hydrogen (secondary N) is 1. The summed E-state index contributed by atoms with van der Waals surface area (Å²) in [6.07, 6.45) is 3.48. The van der Waals surface area contributed by atoms with Gasteiger partial charge >= 0.3 is 0 Å². The third-order valence-corrected chi connectivity index (χ3v) is 5.26. The standard InChI is InChI=1S/C20H20BrN5O/c1-13-19(24-17-7-3-2-6-16(17)23-13)26-10-4-5-14(12-26)20(27)25-18-9-8-15(21)11-22-18/h2-3,6-9,11,14H,4-5,10,12H2,1H3,(H,22,25,27). The number of pyridine rings is 1. The predicted molar refractivity (Wildman–Crippen MR) is 110 cm³/mol. The number of nitrogens with zero attached hydrogens (tertiary/aromatic N) is 4. The van der Waals surface area contributed by atoms with Gasteiger partial charge in [-0.2, -0.15) is 0 Å². The number of rotatable bonds is 3. The second kappa shape index (κ2) is 7.60. The first kappa shape index (κ1) is 17.9. The summed E-state index contributed by atoms with van der Waals surface area (Å²) < 4.78 is 0.884. The van der Waals surface area contributed by atoms with Gasteiger partial charge in [-0.3, -0.25) is 4.79 Å². The lowest BCUT2D eigenvalue weighted by molar-refractivity contribution is -0.120. The lowest BCUT2D eigenvalue weighted by atomic mass is 9.97. The van der Waals surface area contributed by atoms with Crippen molar-refractivity contribution >= 4 is 44.5 Å². The minimum absolute atomic E-state index is 0.000855. The van der Waals surface area contributed by atoms with Gasteiger partial charge < -0.3 is 10.2 Å². The SMILES string of the molecule is Cc1nc2ccccc2nc1N1CCCC(C(=O)Nc2ccc(Br)cn2)C1. The van der Waals surface area contributed by atoms with Crippen LogP contribution in [-0.2, 0) is 4.79 Å². The molecule has 1 aromatic carbocycles. The van der Waals surface area contributed by atoms with E-state index < -0.39 is 0 Å². The smallest absolute Gasteiger partial charge is 0.230 e. The summed E-state index contributed by atoms with van der Waals surface area (Å²) in [7, 11) is 0. The number of amides is 1. The summed E-state index contributed by atoms with van der Waals surface area (Å²) >= 11 is 3.35. The maximum absolute atomic E-state index is 12.7. The lowest BCUT2D eigenvalue weighted by Crippen LogP contribution is -2.41. The monoisotopic (exact) mass is 425 g/mol. The first-order valence-corrected chi connectivity index (χ1v) is 9.80.